The Morgan fingerprint density at radius 2 is 1.69 bits per heavy atom. The molecule has 3 aromatic rings. The lowest BCUT2D eigenvalue weighted by Crippen LogP contribution is -2.17. The van der Waals surface area contributed by atoms with E-state index in [1.54, 1.807) is 50.7 Å². The second kappa shape index (κ2) is 7.44. The van der Waals surface area contributed by atoms with E-state index in [0.29, 0.717) is 34.2 Å². The predicted octanol–water partition coefficient (Wildman–Crippen LogP) is 4.26. The molecule has 2 aromatic carbocycles. The first-order valence-electron chi connectivity index (χ1n) is 9.22. The van der Waals surface area contributed by atoms with Gasteiger partial charge in [0.05, 0.1) is 25.0 Å². The molecular formula is C21H22N2O5S. The number of aromatic nitrogens is 1. The van der Waals surface area contributed by atoms with E-state index in [1.165, 1.54) is 0 Å². The first-order chi connectivity index (χ1) is 13.9. The van der Waals surface area contributed by atoms with Crippen LogP contribution in [0.25, 0.3) is 10.9 Å². The molecule has 0 unspecified atom stereocenters. The average molecular weight is 414 g/mol. The van der Waals surface area contributed by atoms with Gasteiger partial charge in [0.2, 0.25) is 10.0 Å². The zero-order valence-electron chi connectivity index (χ0n) is 16.4. The third-order valence-corrected chi connectivity index (χ3v) is 6.69. The van der Waals surface area contributed by atoms with Gasteiger partial charge in [-0.25, -0.2) is 8.42 Å². The number of benzene rings is 2. The summed E-state index contributed by atoms with van der Waals surface area (Å²) in [5.74, 6) is 2.42. The Morgan fingerprint density at radius 1 is 0.966 bits per heavy atom. The highest BCUT2D eigenvalue weighted by Crippen LogP contribution is 2.38. The van der Waals surface area contributed by atoms with Gasteiger partial charge < -0.3 is 14.2 Å². The largest absolute Gasteiger partial charge is 0.493 e. The topological polar surface area (TPSA) is 86.8 Å². The van der Waals surface area contributed by atoms with Gasteiger partial charge in [-0.05, 0) is 55.7 Å². The van der Waals surface area contributed by atoms with Gasteiger partial charge in [-0.2, -0.15) is 0 Å². The van der Waals surface area contributed by atoms with Crippen LogP contribution in [0, 0.1) is 6.92 Å². The summed E-state index contributed by atoms with van der Waals surface area (Å²) in [7, 11) is -0.145. The zero-order chi connectivity index (χ0) is 20.6. The second-order valence-electron chi connectivity index (χ2n) is 6.96. The Morgan fingerprint density at radius 3 is 2.34 bits per heavy atom. The van der Waals surface area contributed by atoms with E-state index in [4.69, 9.17) is 14.2 Å². The Balaban J connectivity index is 1.64. The first kappa shape index (κ1) is 19.3. The lowest BCUT2D eigenvalue weighted by atomic mass is 10.1. The van der Waals surface area contributed by atoms with Crippen molar-refractivity contribution >= 4 is 26.6 Å². The number of sulfonamides is 1. The number of hydrogen-bond acceptors (Lipinski definition) is 6. The molecule has 0 atom stereocenters. The molecule has 0 amide bonds. The number of anilines is 1. The Hall–Kier alpha value is -3.00. The molecular weight excluding hydrogens is 392 g/mol. The van der Waals surface area contributed by atoms with E-state index >= 15 is 0 Å². The van der Waals surface area contributed by atoms with E-state index in [-0.39, 0.29) is 5.25 Å². The lowest BCUT2D eigenvalue weighted by Gasteiger charge is -2.14. The van der Waals surface area contributed by atoms with Crippen molar-refractivity contribution < 1.29 is 22.6 Å². The number of nitrogens with zero attached hydrogens (tertiary/aromatic N) is 1. The summed E-state index contributed by atoms with van der Waals surface area (Å²) in [6.07, 6.45) is 3.11. The fourth-order valence-corrected chi connectivity index (χ4v) is 4.49. The van der Waals surface area contributed by atoms with Crippen molar-refractivity contribution in [3.05, 3.63) is 48.2 Å². The molecule has 8 heteroatoms. The highest BCUT2D eigenvalue weighted by molar-refractivity contribution is 7.93. The monoisotopic (exact) mass is 414 g/mol. The van der Waals surface area contributed by atoms with Crippen LogP contribution in [0.5, 0.6) is 23.0 Å². The molecule has 152 valence electrons. The Bertz CT molecular complexity index is 1170. The van der Waals surface area contributed by atoms with Gasteiger partial charge in [-0.1, -0.05) is 0 Å². The van der Waals surface area contributed by atoms with Crippen molar-refractivity contribution in [3.63, 3.8) is 0 Å². The van der Waals surface area contributed by atoms with Gasteiger partial charge in [0.25, 0.3) is 0 Å². The average Bonchev–Trinajstić information content (AvgIpc) is 3.55. The van der Waals surface area contributed by atoms with Crippen molar-refractivity contribution in [1.29, 1.82) is 0 Å². The second-order valence-corrected chi connectivity index (χ2v) is 8.92. The Labute approximate surface area is 169 Å². The number of hydrogen-bond donors (Lipinski definition) is 1. The molecule has 0 aliphatic heterocycles. The van der Waals surface area contributed by atoms with Crippen LogP contribution in [-0.2, 0) is 10.0 Å². The quantitative estimate of drug-likeness (QED) is 0.622. The van der Waals surface area contributed by atoms with Crippen LogP contribution >= 0.6 is 0 Å². The minimum Gasteiger partial charge on any atom is -0.493 e. The highest BCUT2D eigenvalue weighted by Gasteiger charge is 2.35. The molecule has 0 bridgehead atoms. The van der Waals surface area contributed by atoms with E-state index in [9.17, 15) is 8.42 Å². The molecule has 0 radical (unpaired) electrons. The fourth-order valence-electron chi connectivity index (χ4n) is 3.11. The lowest BCUT2D eigenvalue weighted by molar-refractivity contribution is 0.355. The van der Waals surface area contributed by atoms with Crippen LogP contribution in [0.3, 0.4) is 0 Å². The third kappa shape index (κ3) is 3.93. The molecule has 1 aliphatic rings. The maximum Gasteiger partial charge on any atom is 0.235 e. The maximum absolute atomic E-state index is 12.1. The molecule has 0 saturated heterocycles. The minimum absolute atomic E-state index is 0.270. The number of ether oxygens (including phenoxy) is 3. The molecule has 1 saturated carbocycles. The van der Waals surface area contributed by atoms with Gasteiger partial charge in [0.15, 0.2) is 11.5 Å². The summed E-state index contributed by atoms with van der Waals surface area (Å²) < 4.78 is 43.8. The van der Waals surface area contributed by atoms with E-state index in [1.807, 2.05) is 13.0 Å². The molecule has 29 heavy (non-hydrogen) atoms. The summed E-state index contributed by atoms with van der Waals surface area (Å²) in [6, 6.07) is 10.6. The van der Waals surface area contributed by atoms with Crippen molar-refractivity contribution in [2.24, 2.45) is 0 Å². The normalized spacial score (nSPS) is 13.9. The number of nitrogens with one attached hydrogen (secondary N) is 1. The van der Waals surface area contributed by atoms with E-state index in [2.05, 4.69) is 9.71 Å². The number of pyridine rings is 1. The van der Waals surface area contributed by atoms with Crippen molar-refractivity contribution in [3.8, 4) is 23.0 Å². The SMILES string of the molecule is COc1cc2nccc(Oc3ccc(NS(=O)(=O)C4CC4)cc3C)c2cc1OC. The maximum atomic E-state index is 12.1. The number of fused-ring (bicyclic) bond motifs is 1. The van der Waals surface area contributed by atoms with Crippen LogP contribution in [-0.4, -0.2) is 32.9 Å². The first-order valence-corrected chi connectivity index (χ1v) is 10.8. The van der Waals surface area contributed by atoms with Gasteiger partial charge in [0, 0.05) is 23.3 Å². The number of rotatable bonds is 7. The summed E-state index contributed by atoms with van der Waals surface area (Å²) in [5, 5.41) is 0.511. The van der Waals surface area contributed by atoms with Gasteiger partial charge in [-0.15, -0.1) is 0 Å². The van der Waals surface area contributed by atoms with Crippen LogP contribution < -0.4 is 18.9 Å². The Kier molecular flexibility index (Phi) is 4.96. The summed E-state index contributed by atoms with van der Waals surface area (Å²) in [6.45, 7) is 1.87. The fraction of sp³-hybridized carbons (Fsp3) is 0.286. The van der Waals surface area contributed by atoms with Crippen LogP contribution in [0.4, 0.5) is 5.69 Å². The summed E-state index contributed by atoms with van der Waals surface area (Å²) in [4.78, 5) is 4.37. The van der Waals surface area contributed by atoms with E-state index < -0.39 is 10.0 Å². The number of methoxy groups -OCH3 is 2. The molecule has 7 nitrogen and oxygen atoms in total. The smallest absolute Gasteiger partial charge is 0.235 e. The van der Waals surface area contributed by atoms with Crippen molar-refractivity contribution in [2.75, 3.05) is 18.9 Å². The molecule has 1 aromatic heterocycles. The minimum atomic E-state index is -3.30. The van der Waals surface area contributed by atoms with Crippen molar-refractivity contribution in [2.45, 2.75) is 25.0 Å². The summed E-state index contributed by atoms with van der Waals surface area (Å²) >= 11 is 0. The predicted molar refractivity (Wildman–Crippen MR) is 112 cm³/mol. The van der Waals surface area contributed by atoms with Crippen LogP contribution in [0.15, 0.2) is 42.6 Å². The standard InChI is InChI=1S/C21H22N2O5S/c1-13-10-14(23-29(24,25)15-5-6-15)4-7-18(13)28-19-8-9-22-17-12-21(27-3)20(26-2)11-16(17)19/h4,7-12,15,23H,5-6H2,1-3H3. The third-order valence-electron chi connectivity index (χ3n) is 4.83. The molecule has 4 rings (SSSR count). The highest BCUT2D eigenvalue weighted by atomic mass is 32.2. The van der Waals surface area contributed by atoms with Gasteiger partial charge >= 0.3 is 0 Å². The van der Waals surface area contributed by atoms with Crippen LogP contribution in [0.1, 0.15) is 18.4 Å². The zero-order valence-corrected chi connectivity index (χ0v) is 17.2. The van der Waals surface area contributed by atoms with E-state index in [0.717, 1.165) is 23.8 Å². The molecule has 1 heterocycles. The van der Waals surface area contributed by atoms with Gasteiger partial charge in [-0.3, -0.25) is 9.71 Å². The molecule has 1 N–H and O–H groups in total. The molecule has 0 spiro atoms. The van der Waals surface area contributed by atoms with Crippen LogP contribution in [0.2, 0.25) is 0 Å². The van der Waals surface area contributed by atoms with Gasteiger partial charge in [0.1, 0.15) is 11.5 Å². The number of aryl methyl sites for hydroxylation is 1. The molecule has 1 fully saturated rings. The molecule has 1 aliphatic carbocycles. The summed E-state index contributed by atoms with van der Waals surface area (Å²) in [5.41, 5.74) is 2.06. The van der Waals surface area contributed by atoms with Crippen molar-refractivity contribution in [1.82, 2.24) is 4.98 Å².